The molecule has 0 unspecified atom stereocenters. The van der Waals surface area contributed by atoms with Gasteiger partial charge in [0.1, 0.15) is 0 Å². The molecule has 15 heavy (non-hydrogen) atoms. The summed E-state index contributed by atoms with van der Waals surface area (Å²) in [6, 6.07) is 1.93. The SMILES string of the molecule is O=S(=O)(O)CCCCCCc1[c]s[c]c1. The maximum absolute atomic E-state index is 10.4. The largest absolute Gasteiger partial charge is 0.286 e. The van der Waals surface area contributed by atoms with Crippen LogP contribution in [0.3, 0.4) is 0 Å². The van der Waals surface area contributed by atoms with Gasteiger partial charge in [-0.05, 0) is 30.9 Å². The zero-order valence-electron chi connectivity index (χ0n) is 8.40. The van der Waals surface area contributed by atoms with Crippen molar-refractivity contribution in [2.24, 2.45) is 0 Å². The molecule has 5 heteroatoms. The Hall–Kier alpha value is -0.390. The van der Waals surface area contributed by atoms with E-state index in [-0.39, 0.29) is 5.75 Å². The van der Waals surface area contributed by atoms with E-state index in [1.165, 1.54) is 16.9 Å². The van der Waals surface area contributed by atoms with Crippen LogP contribution in [0.25, 0.3) is 0 Å². The molecule has 0 aromatic carbocycles. The van der Waals surface area contributed by atoms with Crippen LogP contribution in [0.4, 0.5) is 0 Å². The van der Waals surface area contributed by atoms with Crippen molar-refractivity contribution >= 4 is 21.5 Å². The maximum Gasteiger partial charge on any atom is 0.264 e. The second-order valence-corrected chi connectivity index (χ2v) is 5.66. The van der Waals surface area contributed by atoms with Crippen molar-refractivity contribution in [1.82, 2.24) is 0 Å². The monoisotopic (exact) mass is 246 g/mol. The summed E-state index contributed by atoms with van der Waals surface area (Å²) in [4.78, 5) is 0. The van der Waals surface area contributed by atoms with Crippen LogP contribution in [-0.2, 0) is 16.5 Å². The molecule has 0 fully saturated rings. The predicted octanol–water partition coefficient (Wildman–Crippen LogP) is 2.34. The van der Waals surface area contributed by atoms with Gasteiger partial charge in [0.2, 0.25) is 0 Å². The summed E-state index contributed by atoms with van der Waals surface area (Å²) in [5, 5.41) is 6.08. The first-order valence-corrected chi connectivity index (χ1v) is 7.32. The maximum atomic E-state index is 10.4. The fourth-order valence-electron chi connectivity index (χ4n) is 1.30. The Balaban J connectivity index is 1.99. The van der Waals surface area contributed by atoms with Gasteiger partial charge in [-0.25, -0.2) is 0 Å². The van der Waals surface area contributed by atoms with Gasteiger partial charge in [-0.1, -0.05) is 12.8 Å². The normalized spacial score (nSPS) is 11.8. The van der Waals surface area contributed by atoms with E-state index in [0.29, 0.717) is 6.42 Å². The van der Waals surface area contributed by atoms with E-state index in [1.54, 1.807) is 0 Å². The highest BCUT2D eigenvalue weighted by atomic mass is 32.2. The fourth-order valence-corrected chi connectivity index (χ4v) is 2.42. The average Bonchev–Trinajstić information content (AvgIpc) is 2.61. The molecule has 0 aliphatic heterocycles. The zero-order valence-corrected chi connectivity index (χ0v) is 10.0. The highest BCUT2D eigenvalue weighted by Crippen LogP contribution is 2.10. The molecule has 0 bridgehead atoms. The summed E-state index contributed by atoms with van der Waals surface area (Å²) in [5.41, 5.74) is 1.18. The second-order valence-electron chi connectivity index (χ2n) is 3.44. The minimum Gasteiger partial charge on any atom is -0.286 e. The number of thiophene rings is 1. The van der Waals surface area contributed by atoms with Gasteiger partial charge in [0, 0.05) is 10.8 Å². The number of hydrogen-bond acceptors (Lipinski definition) is 3. The molecular formula is C10H14O3S2. The van der Waals surface area contributed by atoms with E-state index >= 15 is 0 Å². The molecule has 84 valence electrons. The fraction of sp³-hybridized carbons (Fsp3) is 0.600. The molecule has 0 aliphatic rings. The molecule has 2 radical (unpaired) electrons. The highest BCUT2D eigenvalue weighted by molar-refractivity contribution is 7.85. The van der Waals surface area contributed by atoms with Crippen LogP contribution in [0, 0.1) is 10.8 Å². The molecule has 3 nitrogen and oxygen atoms in total. The van der Waals surface area contributed by atoms with Crippen molar-refractivity contribution in [2.75, 3.05) is 5.75 Å². The van der Waals surface area contributed by atoms with Gasteiger partial charge in [0.15, 0.2) is 0 Å². The first kappa shape index (κ1) is 12.7. The molecule has 0 amide bonds. The van der Waals surface area contributed by atoms with Gasteiger partial charge in [-0.15, -0.1) is 11.3 Å². The Morgan fingerprint density at radius 3 is 2.60 bits per heavy atom. The van der Waals surface area contributed by atoms with Gasteiger partial charge in [-0.2, -0.15) is 8.42 Å². The Morgan fingerprint density at radius 1 is 1.27 bits per heavy atom. The lowest BCUT2D eigenvalue weighted by molar-refractivity contribution is 0.479. The zero-order chi connectivity index (χ0) is 11.1. The third kappa shape index (κ3) is 6.65. The lowest BCUT2D eigenvalue weighted by Crippen LogP contribution is -2.03. The van der Waals surface area contributed by atoms with Gasteiger partial charge in [-0.3, -0.25) is 4.55 Å². The standard InChI is InChI=1S/C10H14O3S2/c11-15(12,13)8-4-2-1-3-5-10-6-7-14-9-10/h6H,1-5,8H2,(H,11,12,13). The van der Waals surface area contributed by atoms with Crippen molar-refractivity contribution in [2.45, 2.75) is 32.1 Å². The van der Waals surface area contributed by atoms with Crippen LogP contribution in [-0.4, -0.2) is 18.7 Å². The van der Waals surface area contributed by atoms with E-state index in [0.717, 1.165) is 25.7 Å². The predicted molar refractivity (Wildman–Crippen MR) is 60.6 cm³/mol. The quantitative estimate of drug-likeness (QED) is 0.593. The Kier molecular flexibility index (Phi) is 5.28. The summed E-state index contributed by atoms with van der Waals surface area (Å²) in [7, 11) is -3.76. The molecule has 1 aromatic heterocycles. The Labute approximate surface area is 94.9 Å². The third-order valence-corrected chi connectivity index (χ3v) is 3.48. The highest BCUT2D eigenvalue weighted by Gasteiger charge is 2.03. The van der Waals surface area contributed by atoms with E-state index in [4.69, 9.17) is 4.55 Å². The average molecular weight is 246 g/mol. The smallest absolute Gasteiger partial charge is 0.264 e. The number of unbranched alkanes of at least 4 members (excludes halogenated alkanes) is 3. The van der Waals surface area contributed by atoms with E-state index < -0.39 is 10.1 Å². The summed E-state index contributed by atoms with van der Waals surface area (Å²) in [6.45, 7) is 0. The Morgan fingerprint density at radius 2 is 2.00 bits per heavy atom. The van der Waals surface area contributed by atoms with Crippen LogP contribution >= 0.6 is 11.3 Å². The minimum absolute atomic E-state index is 0.120. The summed E-state index contributed by atoms with van der Waals surface area (Å²) >= 11 is 1.45. The first-order valence-electron chi connectivity index (χ1n) is 4.89. The van der Waals surface area contributed by atoms with Gasteiger partial charge >= 0.3 is 0 Å². The number of rotatable bonds is 7. The molecule has 0 atom stereocenters. The van der Waals surface area contributed by atoms with Crippen LogP contribution < -0.4 is 0 Å². The number of aryl methyl sites for hydroxylation is 1. The molecule has 0 saturated carbocycles. The van der Waals surface area contributed by atoms with Gasteiger partial charge in [0.05, 0.1) is 5.75 Å². The third-order valence-electron chi connectivity index (χ3n) is 2.07. The van der Waals surface area contributed by atoms with Gasteiger partial charge in [0.25, 0.3) is 10.1 Å². The lowest BCUT2D eigenvalue weighted by Gasteiger charge is -1.99. The van der Waals surface area contributed by atoms with Crippen molar-refractivity contribution in [3.05, 3.63) is 22.4 Å². The van der Waals surface area contributed by atoms with Crippen LogP contribution in [0.1, 0.15) is 31.2 Å². The van der Waals surface area contributed by atoms with E-state index in [1.807, 2.05) is 6.07 Å². The molecule has 1 N–H and O–H groups in total. The second kappa shape index (κ2) is 6.25. The molecule has 0 saturated heterocycles. The van der Waals surface area contributed by atoms with Crippen LogP contribution in [0.15, 0.2) is 6.07 Å². The van der Waals surface area contributed by atoms with Crippen LogP contribution in [0.2, 0.25) is 0 Å². The van der Waals surface area contributed by atoms with Gasteiger partial charge < -0.3 is 0 Å². The summed E-state index contributed by atoms with van der Waals surface area (Å²) in [6.07, 6.45) is 4.38. The minimum atomic E-state index is -3.76. The molecule has 1 rings (SSSR count). The molecule has 1 heterocycles. The molecule has 0 spiro atoms. The van der Waals surface area contributed by atoms with Crippen LogP contribution in [0.5, 0.6) is 0 Å². The summed E-state index contributed by atoms with van der Waals surface area (Å²) in [5.74, 6) is -0.120. The Bertz CT molecular complexity index is 354. The molecular weight excluding hydrogens is 232 g/mol. The topological polar surface area (TPSA) is 54.4 Å². The van der Waals surface area contributed by atoms with E-state index in [9.17, 15) is 8.42 Å². The number of hydrogen-bond donors (Lipinski definition) is 1. The lowest BCUT2D eigenvalue weighted by atomic mass is 10.1. The van der Waals surface area contributed by atoms with Crippen molar-refractivity contribution in [3.63, 3.8) is 0 Å². The van der Waals surface area contributed by atoms with Crippen molar-refractivity contribution in [3.8, 4) is 0 Å². The molecule has 0 aliphatic carbocycles. The van der Waals surface area contributed by atoms with E-state index in [2.05, 4.69) is 10.8 Å². The van der Waals surface area contributed by atoms with Crippen molar-refractivity contribution in [1.29, 1.82) is 0 Å². The summed E-state index contributed by atoms with van der Waals surface area (Å²) < 4.78 is 29.3. The molecule has 1 aromatic rings. The first-order chi connectivity index (χ1) is 7.08. The van der Waals surface area contributed by atoms with Crippen molar-refractivity contribution < 1.29 is 13.0 Å².